The first-order chi connectivity index (χ1) is 8.25. The molecule has 1 fully saturated rings. The number of aromatic nitrogens is 1. The molecule has 0 saturated carbocycles. The molecule has 5 nitrogen and oxygen atoms in total. The maximum Gasteiger partial charge on any atom is 0.419 e. The van der Waals surface area contributed by atoms with E-state index in [1.807, 2.05) is 18.2 Å². The van der Waals surface area contributed by atoms with Gasteiger partial charge in [0.1, 0.15) is 6.10 Å². The number of para-hydroxylation sites is 1. The fourth-order valence-corrected chi connectivity index (χ4v) is 2.13. The third kappa shape index (κ3) is 1.72. The van der Waals surface area contributed by atoms with Crippen LogP contribution in [0.25, 0.3) is 11.1 Å². The van der Waals surface area contributed by atoms with Crippen LogP contribution in [0.3, 0.4) is 0 Å². The summed E-state index contributed by atoms with van der Waals surface area (Å²) in [4.78, 5) is 11.5. The topological polar surface area (TPSA) is 56.4 Å². The smallest absolute Gasteiger partial charge is 0.419 e. The summed E-state index contributed by atoms with van der Waals surface area (Å²) in [6, 6.07) is 5.55. The highest BCUT2D eigenvalue weighted by Crippen LogP contribution is 2.26. The highest BCUT2D eigenvalue weighted by molar-refractivity contribution is 5.79. The van der Waals surface area contributed by atoms with Gasteiger partial charge in [0.05, 0.1) is 5.52 Å². The van der Waals surface area contributed by atoms with Gasteiger partial charge in [-0.05, 0) is 25.1 Å². The molecule has 0 spiro atoms. The van der Waals surface area contributed by atoms with Gasteiger partial charge in [-0.25, -0.2) is 4.79 Å². The van der Waals surface area contributed by atoms with Crippen molar-refractivity contribution in [3.8, 4) is 5.75 Å². The number of hydrogen-bond donors (Lipinski definition) is 1. The predicted octanol–water partition coefficient (Wildman–Crippen LogP) is 0.872. The van der Waals surface area contributed by atoms with Crippen molar-refractivity contribution in [1.82, 2.24) is 9.88 Å². The highest BCUT2D eigenvalue weighted by Gasteiger charge is 2.19. The zero-order chi connectivity index (χ0) is 11.8. The minimum Gasteiger partial charge on any atom is -0.485 e. The molecule has 0 amide bonds. The van der Waals surface area contributed by atoms with E-state index in [1.165, 1.54) is 4.57 Å². The van der Waals surface area contributed by atoms with E-state index in [-0.39, 0.29) is 11.9 Å². The van der Waals surface area contributed by atoms with Crippen LogP contribution in [0.4, 0.5) is 0 Å². The Labute approximate surface area is 98.0 Å². The molecule has 5 heteroatoms. The molecule has 0 radical (unpaired) electrons. The number of aryl methyl sites for hydroxylation is 1. The Morgan fingerprint density at radius 2 is 2.41 bits per heavy atom. The number of oxazole rings is 1. The normalized spacial score (nSPS) is 19.9. The molecule has 1 aromatic carbocycles. The van der Waals surface area contributed by atoms with Gasteiger partial charge in [-0.15, -0.1) is 0 Å². The third-order valence-electron chi connectivity index (χ3n) is 3.09. The second-order valence-corrected chi connectivity index (χ2v) is 4.26. The molecule has 0 aliphatic carbocycles. The lowest BCUT2D eigenvalue weighted by molar-refractivity contribution is 0.223. The van der Waals surface area contributed by atoms with Gasteiger partial charge in [-0.1, -0.05) is 6.07 Å². The van der Waals surface area contributed by atoms with Crippen molar-refractivity contribution in [2.75, 3.05) is 13.1 Å². The van der Waals surface area contributed by atoms with E-state index >= 15 is 0 Å². The van der Waals surface area contributed by atoms with E-state index in [0.717, 1.165) is 25.0 Å². The van der Waals surface area contributed by atoms with Crippen molar-refractivity contribution in [1.29, 1.82) is 0 Å². The fraction of sp³-hybridized carbons (Fsp3) is 0.417. The molecule has 1 aliphatic rings. The number of fused-ring (bicyclic) bond motifs is 1. The van der Waals surface area contributed by atoms with Crippen LogP contribution >= 0.6 is 0 Å². The van der Waals surface area contributed by atoms with Crippen LogP contribution in [0.5, 0.6) is 5.75 Å². The van der Waals surface area contributed by atoms with Crippen molar-refractivity contribution in [2.24, 2.45) is 7.05 Å². The number of nitrogens with zero attached hydrogens (tertiary/aromatic N) is 1. The molecule has 1 unspecified atom stereocenters. The molecule has 0 bridgehead atoms. The molecule has 1 saturated heterocycles. The van der Waals surface area contributed by atoms with Crippen LogP contribution in [0.1, 0.15) is 6.42 Å². The largest absolute Gasteiger partial charge is 0.485 e. The summed E-state index contributed by atoms with van der Waals surface area (Å²) in [6.07, 6.45) is 1.14. The van der Waals surface area contributed by atoms with Crippen LogP contribution in [0.15, 0.2) is 27.4 Å². The quantitative estimate of drug-likeness (QED) is 0.837. The van der Waals surface area contributed by atoms with E-state index in [2.05, 4.69) is 5.32 Å². The van der Waals surface area contributed by atoms with Crippen LogP contribution in [0.2, 0.25) is 0 Å². The minimum atomic E-state index is -0.361. The molecule has 2 heterocycles. The first-order valence-corrected chi connectivity index (χ1v) is 5.71. The molecular formula is C12H14N2O3. The summed E-state index contributed by atoms with van der Waals surface area (Å²) in [5, 5.41) is 3.23. The molecule has 1 aromatic heterocycles. The number of rotatable bonds is 2. The Balaban J connectivity index is 2.03. The second kappa shape index (κ2) is 3.92. The van der Waals surface area contributed by atoms with E-state index < -0.39 is 0 Å². The van der Waals surface area contributed by atoms with Gasteiger partial charge in [-0.2, -0.15) is 0 Å². The minimum absolute atomic E-state index is 0.158. The number of benzene rings is 1. The summed E-state index contributed by atoms with van der Waals surface area (Å²) in [5.74, 6) is 0.287. The van der Waals surface area contributed by atoms with E-state index in [4.69, 9.17) is 9.15 Å². The summed E-state index contributed by atoms with van der Waals surface area (Å²) < 4.78 is 12.5. The van der Waals surface area contributed by atoms with Gasteiger partial charge >= 0.3 is 5.76 Å². The van der Waals surface area contributed by atoms with Crippen LogP contribution in [-0.2, 0) is 7.05 Å². The SMILES string of the molecule is Cn1c(=O)oc2c(OC3CCNC3)cccc21. The Bertz CT molecular complexity index is 593. The monoisotopic (exact) mass is 234 g/mol. The van der Waals surface area contributed by atoms with Crippen LogP contribution in [0, 0.1) is 0 Å². The van der Waals surface area contributed by atoms with E-state index in [1.54, 1.807) is 7.05 Å². The van der Waals surface area contributed by atoms with Crippen molar-refractivity contribution in [3.05, 3.63) is 28.7 Å². The molecule has 1 aliphatic heterocycles. The average Bonchev–Trinajstić information content (AvgIpc) is 2.91. The van der Waals surface area contributed by atoms with Crippen molar-refractivity contribution in [3.63, 3.8) is 0 Å². The Hall–Kier alpha value is -1.75. The van der Waals surface area contributed by atoms with E-state index in [9.17, 15) is 4.79 Å². The van der Waals surface area contributed by atoms with Crippen LogP contribution in [-0.4, -0.2) is 23.8 Å². The standard InChI is InChI=1S/C12H14N2O3/c1-14-9-3-2-4-10(11(9)17-12(14)15)16-8-5-6-13-7-8/h2-4,8,13H,5-7H2,1H3. The molecule has 2 aromatic rings. The predicted molar refractivity (Wildman–Crippen MR) is 63.4 cm³/mol. The number of nitrogens with one attached hydrogen (secondary N) is 1. The van der Waals surface area contributed by atoms with Crippen molar-refractivity contribution >= 4 is 11.1 Å². The molecule has 17 heavy (non-hydrogen) atoms. The Morgan fingerprint density at radius 1 is 1.53 bits per heavy atom. The lowest BCUT2D eigenvalue weighted by atomic mass is 10.3. The molecular weight excluding hydrogens is 220 g/mol. The number of hydrogen-bond acceptors (Lipinski definition) is 4. The molecule has 90 valence electrons. The molecule has 3 rings (SSSR count). The molecule has 1 N–H and O–H groups in total. The summed E-state index contributed by atoms with van der Waals surface area (Å²) >= 11 is 0. The molecule has 1 atom stereocenters. The maximum atomic E-state index is 11.5. The fourth-order valence-electron chi connectivity index (χ4n) is 2.13. The zero-order valence-corrected chi connectivity index (χ0v) is 9.60. The number of ether oxygens (including phenoxy) is 1. The lowest BCUT2D eigenvalue weighted by Crippen LogP contribution is -2.19. The van der Waals surface area contributed by atoms with Gasteiger partial charge in [0.15, 0.2) is 11.3 Å². The highest BCUT2D eigenvalue weighted by atomic mass is 16.5. The van der Waals surface area contributed by atoms with E-state index in [0.29, 0.717) is 11.3 Å². The third-order valence-corrected chi connectivity index (χ3v) is 3.09. The zero-order valence-electron chi connectivity index (χ0n) is 9.60. The average molecular weight is 234 g/mol. The van der Waals surface area contributed by atoms with Gasteiger partial charge in [-0.3, -0.25) is 4.57 Å². The summed E-state index contributed by atoms with van der Waals surface area (Å²) in [5.41, 5.74) is 1.30. The van der Waals surface area contributed by atoms with Crippen molar-refractivity contribution < 1.29 is 9.15 Å². The van der Waals surface area contributed by atoms with Crippen molar-refractivity contribution in [2.45, 2.75) is 12.5 Å². The Kier molecular flexibility index (Phi) is 2.40. The lowest BCUT2D eigenvalue weighted by Gasteiger charge is -2.12. The first kappa shape index (κ1) is 10.4. The van der Waals surface area contributed by atoms with Gasteiger partial charge in [0, 0.05) is 13.6 Å². The first-order valence-electron chi connectivity index (χ1n) is 5.71. The van der Waals surface area contributed by atoms with Gasteiger partial charge in [0.2, 0.25) is 0 Å². The maximum absolute atomic E-state index is 11.5. The van der Waals surface area contributed by atoms with Crippen LogP contribution < -0.4 is 15.8 Å². The van der Waals surface area contributed by atoms with Gasteiger partial charge < -0.3 is 14.5 Å². The second-order valence-electron chi connectivity index (χ2n) is 4.26. The Morgan fingerprint density at radius 3 is 3.18 bits per heavy atom. The summed E-state index contributed by atoms with van der Waals surface area (Å²) in [6.45, 7) is 1.81. The summed E-state index contributed by atoms with van der Waals surface area (Å²) in [7, 11) is 1.69. The van der Waals surface area contributed by atoms with Gasteiger partial charge in [0.25, 0.3) is 0 Å².